The first kappa shape index (κ1) is 19.4. The summed E-state index contributed by atoms with van der Waals surface area (Å²) in [5.41, 5.74) is 1.27. The molecule has 1 fully saturated rings. The molecule has 1 aromatic heterocycles. The molecule has 0 bridgehead atoms. The van der Waals surface area contributed by atoms with E-state index in [4.69, 9.17) is 0 Å². The Bertz CT molecular complexity index is 753. The van der Waals surface area contributed by atoms with Crippen LogP contribution in [0.4, 0.5) is 4.79 Å². The summed E-state index contributed by atoms with van der Waals surface area (Å²) in [6, 6.07) is 10.5. The zero-order chi connectivity index (χ0) is 19.4. The van der Waals surface area contributed by atoms with Gasteiger partial charge in [0, 0.05) is 32.6 Å². The third-order valence-electron chi connectivity index (χ3n) is 5.20. The first-order valence-corrected chi connectivity index (χ1v) is 9.53. The Hall–Kier alpha value is -2.41. The molecule has 0 saturated heterocycles. The van der Waals surface area contributed by atoms with Crippen LogP contribution in [0, 0.1) is 0 Å². The smallest absolute Gasteiger partial charge is 0.317 e. The Balaban J connectivity index is 1.52. The van der Waals surface area contributed by atoms with Crippen LogP contribution in [0.3, 0.4) is 0 Å². The maximum absolute atomic E-state index is 12.5. The van der Waals surface area contributed by atoms with Crippen LogP contribution in [0.2, 0.25) is 0 Å². The number of likely N-dealkylation sites (N-methyl/N-ethyl adjacent to an activating group) is 1. The summed E-state index contributed by atoms with van der Waals surface area (Å²) in [6.45, 7) is 1.05. The molecule has 1 atom stereocenters. The zero-order valence-electron chi connectivity index (χ0n) is 16.7. The summed E-state index contributed by atoms with van der Waals surface area (Å²) in [7, 11) is 7.87. The maximum Gasteiger partial charge on any atom is 0.317 e. The third kappa shape index (κ3) is 5.07. The first-order valence-electron chi connectivity index (χ1n) is 9.53. The fraction of sp³-hybridized carbons (Fsp3) is 0.550. The van der Waals surface area contributed by atoms with Crippen molar-refractivity contribution in [1.29, 1.82) is 0 Å². The molecular weight excluding hydrogens is 340 g/mol. The van der Waals surface area contributed by atoms with Gasteiger partial charge in [-0.15, -0.1) is 10.2 Å². The van der Waals surface area contributed by atoms with Crippen LogP contribution in [0.5, 0.6) is 0 Å². The molecule has 1 N–H and O–H groups in total. The minimum Gasteiger partial charge on any atom is -0.336 e. The number of carbonyl (C=O) groups is 1. The van der Waals surface area contributed by atoms with Crippen molar-refractivity contribution in [2.24, 2.45) is 7.05 Å². The van der Waals surface area contributed by atoms with Gasteiger partial charge in [0.25, 0.3) is 0 Å². The van der Waals surface area contributed by atoms with Gasteiger partial charge in [0.05, 0.1) is 6.54 Å². The molecule has 1 saturated carbocycles. The lowest BCUT2D eigenvalue weighted by Gasteiger charge is -2.26. The topological polar surface area (TPSA) is 66.3 Å². The van der Waals surface area contributed by atoms with E-state index in [1.165, 1.54) is 18.4 Å². The lowest BCUT2D eigenvalue weighted by Crippen LogP contribution is -2.45. The van der Waals surface area contributed by atoms with Crippen LogP contribution in [-0.2, 0) is 20.0 Å². The van der Waals surface area contributed by atoms with E-state index in [0.29, 0.717) is 19.0 Å². The summed E-state index contributed by atoms with van der Waals surface area (Å²) >= 11 is 0. The molecule has 1 heterocycles. The second-order valence-electron chi connectivity index (χ2n) is 7.66. The van der Waals surface area contributed by atoms with E-state index in [-0.39, 0.29) is 12.1 Å². The van der Waals surface area contributed by atoms with Gasteiger partial charge in [0.1, 0.15) is 5.82 Å². The minimum absolute atomic E-state index is 0.0918. The number of nitrogens with one attached hydrogen (secondary N) is 1. The molecule has 1 unspecified atom stereocenters. The van der Waals surface area contributed by atoms with Crippen molar-refractivity contribution in [3.63, 3.8) is 0 Å². The summed E-state index contributed by atoms with van der Waals surface area (Å²) in [6.07, 6.45) is 3.27. The number of aromatic nitrogens is 3. The summed E-state index contributed by atoms with van der Waals surface area (Å²) in [5.74, 6) is 2.41. The van der Waals surface area contributed by atoms with Crippen molar-refractivity contribution in [3.05, 3.63) is 47.5 Å². The van der Waals surface area contributed by atoms with Gasteiger partial charge >= 0.3 is 6.03 Å². The number of nitrogens with zero attached hydrogens (tertiary/aromatic N) is 5. The highest BCUT2D eigenvalue weighted by Crippen LogP contribution is 2.38. The molecule has 0 spiro atoms. The molecule has 146 valence electrons. The Morgan fingerprint density at radius 2 is 1.93 bits per heavy atom. The van der Waals surface area contributed by atoms with Crippen LogP contribution >= 0.6 is 0 Å². The van der Waals surface area contributed by atoms with Crippen LogP contribution < -0.4 is 5.32 Å². The highest BCUT2D eigenvalue weighted by Gasteiger charge is 2.29. The number of rotatable bonds is 8. The monoisotopic (exact) mass is 370 g/mol. The van der Waals surface area contributed by atoms with Crippen molar-refractivity contribution in [2.45, 2.75) is 37.8 Å². The second-order valence-corrected chi connectivity index (χ2v) is 7.66. The summed E-state index contributed by atoms with van der Waals surface area (Å²) in [4.78, 5) is 16.3. The van der Waals surface area contributed by atoms with Gasteiger partial charge in [-0.25, -0.2) is 4.79 Å². The average molecular weight is 371 g/mol. The van der Waals surface area contributed by atoms with E-state index in [1.54, 1.807) is 11.9 Å². The van der Waals surface area contributed by atoms with E-state index in [1.807, 2.05) is 43.9 Å². The van der Waals surface area contributed by atoms with Crippen molar-refractivity contribution in [3.8, 4) is 0 Å². The highest BCUT2D eigenvalue weighted by atomic mass is 16.2. The zero-order valence-corrected chi connectivity index (χ0v) is 16.7. The third-order valence-corrected chi connectivity index (χ3v) is 5.20. The van der Waals surface area contributed by atoms with Gasteiger partial charge in [0.15, 0.2) is 5.82 Å². The molecule has 2 amide bonds. The minimum atomic E-state index is -0.0918. The average Bonchev–Trinajstić information content (AvgIpc) is 3.43. The number of hydrogen-bond donors (Lipinski definition) is 1. The van der Waals surface area contributed by atoms with Crippen molar-refractivity contribution in [2.75, 3.05) is 27.7 Å². The second kappa shape index (κ2) is 8.52. The Morgan fingerprint density at radius 1 is 1.22 bits per heavy atom. The number of amides is 2. The summed E-state index contributed by atoms with van der Waals surface area (Å²) in [5, 5.41) is 11.6. The van der Waals surface area contributed by atoms with Gasteiger partial charge in [0.2, 0.25) is 0 Å². The van der Waals surface area contributed by atoms with Gasteiger partial charge in [-0.05, 0) is 38.9 Å². The SMILES string of the molecule is CN(Cc1nnc(C2CC2)n1C)C(=O)NCC(Cc1ccccc1)N(C)C. The molecule has 3 rings (SSSR count). The van der Waals surface area contributed by atoms with Crippen LogP contribution in [0.25, 0.3) is 0 Å². The first-order chi connectivity index (χ1) is 13.0. The van der Waals surface area contributed by atoms with Crippen LogP contribution in [-0.4, -0.2) is 64.3 Å². The van der Waals surface area contributed by atoms with E-state index in [9.17, 15) is 4.79 Å². The Morgan fingerprint density at radius 3 is 2.56 bits per heavy atom. The molecule has 27 heavy (non-hydrogen) atoms. The van der Waals surface area contributed by atoms with Gasteiger partial charge < -0.3 is 19.7 Å². The predicted molar refractivity (Wildman–Crippen MR) is 105 cm³/mol. The number of urea groups is 1. The standard InChI is InChI=1S/C20H30N6O/c1-24(2)17(12-15-8-6-5-7-9-15)13-21-20(27)25(3)14-18-22-23-19(26(18)4)16-10-11-16/h5-9,16-17H,10-14H2,1-4H3,(H,21,27). The largest absolute Gasteiger partial charge is 0.336 e. The molecule has 1 aliphatic rings. The van der Waals surface area contributed by atoms with Crippen molar-refractivity contribution in [1.82, 2.24) is 29.9 Å². The normalized spacial score (nSPS) is 15.0. The van der Waals surface area contributed by atoms with Crippen molar-refractivity contribution < 1.29 is 4.79 Å². The quantitative estimate of drug-likeness (QED) is 0.772. The van der Waals surface area contributed by atoms with Gasteiger partial charge in [-0.1, -0.05) is 30.3 Å². The lowest BCUT2D eigenvalue weighted by molar-refractivity contribution is 0.199. The Labute approximate surface area is 161 Å². The molecule has 7 nitrogen and oxygen atoms in total. The number of benzene rings is 1. The van der Waals surface area contributed by atoms with E-state index in [2.05, 4.69) is 32.5 Å². The fourth-order valence-electron chi connectivity index (χ4n) is 3.16. The van der Waals surface area contributed by atoms with Gasteiger partial charge in [-0.3, -0.25) is 0 Å². The van der Waals surface area contributed by atoms with E-state index in [0.717, 1.165) is 18.1 Å². The molecule has 0 radical (unpaired) electrons. The highest BCUT2D eigenvalue weighted by molar-refractivity contribution is 5.73. The molecule has 1 aromatic carbocycles. The molecule has 7 heteroatoms. The summed E-state index contributed by atoms with van der Waals surface area (Å²) < 4.78 is 2.03. The maximum atomic E-state index is 12.5. The molecule has 0 aliphatic heterocycles. The Kier molecular flexibility index (Phi) is 6.11. The van der Waals surface area contributed by atoms with Gasteiger partial charge in [-0.2, -0.15) is 0 Å². The molecule has 2 aromatic rings. The fourth-order valence-corrected chi connectivity index (χ4v) is 3.16. The molecule has 1 aliphatic carbocycles. The predicted octanol–water partition coefficient (Wildman–Crippen LogP) is 2.01. The number of hydrogen-bond acceptors (Lipinski definition) is 4. The van der Waals surface area contributed by atoms with E-state index >= 15 is 0 Å². The molecular formula is C20H30N6O. The lowest BCUT2D eigenvalue weighted by atomic mass is 10.1. The van der Waals surface area contributed by atoms with Crippen LogP contribution in [0.15, 0.2) is 30.3 Å². The van der Waals surface area contributed by atoms with Crippen molar-refractivity contribution >= 4 is 6.03 Å². The van der Waals surface area contributed by atoms with Crippen LogP contribution in [0.1, 0.15) is 36.0 Å². The number of carbonyl (C=O) groups excluding carboxylic acids is 1. The van der Waals surface area contributed by atoms with E-state index < -0.39 is 0 Å².